The van der Waals surface area contributed by atoms with Crippen molar-refractivity contribution in [1.29, 1.82) is 0 Å². The lowest BCUT2D eigenvalue weighted by molar-refractivity contribution is 0.103. The number of carbonyl (C=O) groups is 1. The molecule has 0 atom stereocenters. The fourth-order valence-electron chi connectivity index (χ4n) is 1.63. The minimum atomic E-state index is -0.0388. The molecule has 0 aliphatic carbocycles. The molecule has 17 heavy (non-hydrogen) atoms. The summed E-state index contributed by atoms with van der Waals surface area (Å²) in [5, 5.41) is 8.12. The molecular weight excluding hydrogens is 236 g/mol. The Hall–Kier alpha value is -1.56. The highest BCUT2D eigenvalue weighted by Gasteiger charge is 2.22. The summed E-state index contributed by atoms with van der Waals surface area (Å²) >= 11 is 1.15. The molecule has 0 aromatic carbocycles. The molecule has 2 aromatic rings. The van der Waals surface area contributed by atoms with E-state index in [2.05, 4.69) is 14.7 Å². The van der Waals surface area contributed by atoms with Crippen molar-refractivity contribution in [3.63, 3.8) is 0 Å². The highest BCUT2D eigenvalue weighted by molar-refractivity contribution is 7.08. The Balaban J connectivity index is 2.41. The van der Waals surface area contributed by atoms with E-state index in [9.17, 15) is 4.79 Å². The Morgan fingerprint density at radius 1 is 1.53 bits per heavy atom. The van der Waals surface area contributed by atoms with E-state index in [1.54, 1.807) is 16.9 Å². The predicted molar refractivity (Wildman–Crippen MR) is 65.3 cm³/mol. The van der Waals surface area contributed by atoms with Gasteiger partial charge in [0, 0.05) is 12.7 Å². The molecule has 0 N–H and O–H groups in total. The third-order valence-corrected chi connectivity index (χ3v) is 3.26. The van der Waals surface area contributed by atoms with E-state index >= 15 is 0 Å². The van der Waals surface area contributed by atoms with Crippen LogP contribution in [0.5, 0.6) is 0 Å². The van der Waals surface area contributed by atoms with Crippen LogP contribution in [0.4, 0.5) is 0 Å². The SMILES string of the molecule is CCn1nccc1C(=O)c1snnc1C(C)C. The van der Waals surface area contributed by atoms with Crippen LogP contribution in [0, 0.1) is 0 Å². The molecule has 0 radical (unpaired) electrons. The molecule has 0 fully saturated rings. The van der Waals surface area contributed by atoms with Gasteiger partial charge < -0.3 is 0 Å². The fraction of sp³-hybridized carbons (Fsp3) is 0.455. The molecule has 6 heteroatoms. The Morgan fingerprint density at radius 2 is 2.29 bits per heavy atom. The quantitative estimate of drug-likeness (QED) is 0.780. The van der Waals surface area contributed by atoms with Gasteiger partial charge in [-0.2, -0.15) is 5.10 Å². The average Bonchev–Trinajstić information content (AvgIpc) is 2.96. The molecule has 0 saturated carbocycles. The fourth-order valence-corrected chi connectivity index (χ4v) is 2.39. The molecule has 0 aliphatic heterocycles. The summed E-state index contributed by atoms with van der Waals surface area (Å²) in [6.45, 7) is 6.64. The van der Waals surface area contributed by atoms with Crippen molar-refractivity contribution in [1.82, 2.24) is 19.4 Å². The van der Waals surface area contributed by atoms with Crippen molar-refractivity contribution < 1.29 is 4.79 Å². The number of ketones is 1. The maximum absolute atomic E-state index is 12.3. The van der Waals surface area contributed by atoms with Crippen LogP contribution in [0.15, 0.2) is 12.3 Å². The zero-order chi connectivity index (χ0) is 12.4. The highest BCUT2D eigenvalue weighted by Crippen LogP contribution is 2.22. The first-order valence-electron chi connectivity index (χ1n) is 5.53. The topological polar surface area (TPSA) is 60.7 Å². The lowest BCUT2D eigenvalue weighted by Gasteiger charge is -2.04. The highest BCUT2D eigenvalue weighted by atomic mass is 32.1. The third kappa shape index (κ3) is 2.12. The van der Waals surface area contributed by atoms with Gasteiger partial charge >= 0.3 is 0 Å². The van der Waals surface area contributed by atoms with Crippen LogP contribution in [0.3, 0.4) is 0 Å². The monoisotopic (exact) mass is 250 g/mol. The molecule has 2 heterocycles. The van der Waals surface area contributed by atoms with Gasteiger partial charge in [0.1, 0.15) is 10.6 Å². The van der Waals surface area contributed by atoms with Gasteiger partial charge in [0.05, 0.1) is 5.69 Å². The van der Waals surface area contributed by atoms with Gasteiger partial charge in [0.2, 0.25) is 5.78 Å². The summed E-state index contributed by atoms with van der Waals surface area (Å²) in [7, 11) is 0. The van der Waals surface area contributed by atoms with Crippen molar-refractivity contribution in [3.05, 3.63) is 28.5 Å². The molecule has 0 saturated heterocycles. The van der Waals surface area contributed by atoms with Crippen molar-refractivity contribution >= 4 is 17.3 Å². The molecular formula is C11H14N4OS. The van der Waals surface area contributed by atoms with Gasteiger partial charge in [-0.05, 0) is 30.4 Å². The second-order valence-electron chi connectivity index (χ2n) is 4.00. The van der Waals surface area contributed by atoms with E-state index in [1.807, 2.05) is 20.8 Å². The summed E-state index contributed by atoms with van der Waals surface area (Å²) < 4.78 is 5.56. The lowest BCUT2D eigenvalue weighted by atomic mass is 10.1. The maximum atomic E-state index is 12.3. The number of hydrogen-bond acceptors (Lipinski definition) is 5. The first kappa shape index (κ1) is 11.9. The van der Waals surface area contributed by atoms with Crippen LogP contribution in [0.1, 0.15) is 47.7 Å². The third-order valence-electron chi connectivity index (χ3n) is 2.52. The first-order valence-corrected chi connectivity index (χ1v) is 6.31. The first-order chi connectivity index (χ1) is 8.15. The van der Waals surface area contributed by atoms with E-state index in [0.29, 0.717) is 17.1 Å². The minimum Gasteiger partial charge on any atom is -0.286 e. The van der Waals surface area contributed by atoms with E-state index in [4.69, 9.17) is 0 Å². The van der Waals surface area contributed by atoms with Gasteiger partial charge in [-0.25, -0.2) is 0 Å². The predicted octanol–water partition coefficient (Wildman–Crippen LogP) is 2.11. The van der Waals surface area contributed by atoms with Crippen molar-refractivity contribution in [3.8, 4) is 0 Å². The van der Waals surface area contributed by atoms with Crippen molar-refractivity contribution in [2.24, 2.45) is 0 Å². The van der Waals surface area contributed by atoms with E-state index < -0.39 is 0 Å². The molecule has 5 nitrogen and oxygen atoms in total. The summed E-state index contributed by atoms with van der Waals surface area (Å²) in [6.07, 6.45) is 1.64. The second-order valence-corrected chi connectivity index (χ2v) is 4.76. The van der Waals surface area contributed by atoms with Crippen LogP contribution in [0.2, 0.25) is 0 Å². The molecule has 0 aliphatic rings. The molecule has 0 unspecified atom stereocenters. The molecule has 2 rings (SSSR count). The van der Waals surface area contributed by atoms with E-state index in [1.165, 1.54) is 0 Å². The Kier molecular flexibility index (Phi) is 3.33. The van der Waals surface area contributed by atoms with Crippen LogP contribution < -0.4 is 0 Å². The minimum absolute atomic E-state index is 0.0388. The van der Waals surface area contributed by atoms with Gasteiger partial charge in [0.15, 0.2) is 0 Å². The number of carbonyl (C=O) groups excluding carboxylic acids is 1. The lowest BCUT2D eigenvalue weighted by Crippen LogP contribution is -2.11. The molecule has 2 aromatic heterocycles. The largest absolute Gasteiger partial charge is 0.286 e. The zero-order valence-corrected chi connectivity index (χ0v) is 10.9. The normalized spacial score (nSPS) is 11.1. The van der Waals surface area contributed by atoms with Crippen molar-refractivity contribution in [2.75, 3.05) is 0 Å². The molecule has 0 amide bonds. The average molecular weight is 250 g/mol. The number of hydrogen-bond donors (Lipinski definition) is 0. The number of rotatable bonds is 4. The molecule has 0 spiro atoms. The standard InChI is InChI=1S/C11H14N4OS/c1-4-15-8(5-6-12-15)10(16)11-9(7(2)3)13-14-17-11/h5-7H,4H2,1-3H3. The Labute approximate surface area is 104 Å². The van der Waals surface area contributed by atoms with Gasteiger partial charge in [-0.3, -0.25) is 9.48 Å². The maximum Gasteiger partial charge on any atom is 0.224 e. The Bertz CT molecular complexity index is 529. The van der Waals surface area contributed by atoms with Crippen LogP contribution in [-0.4, -0.2) is 25.2 Å². The summed E-state index contributed by atoms with van der Waals surface area (Å²) in [4.78, 5) is 13.0. The summed E-state index contributed by atoms with van der Waals surface area (Å²) in [5.74, 6) is 0.161. The smallest absolute Gasteiger partial charge is 0.224 e. The van der Waals surface area contributed by atoms with Gasteiger partial charge in [0.25, 0.3) is 0 Å². The molecule has 90 valence electrons. The Morgan fingerprint density at radius 3 is 2.94 bits per heavy atom. The summed E-state index contributed by atoms with van der Waals surface area (Å²) in [6, 6.07) is 1.73. The van der Waals surface area contributed by atoms with Crippen LogP contribution in [0.25, 0.3) is 0 Å². The van der Waals surface area contributed by atoms with Gasteiger partial charge in [-0.1, -0.05) is 18.3 Å². The van der Waals surface area contributed by atoms with Gasteiger partial charge in [-0.15, -0.1) is 5.10 Å². The van der Waals surface area contributed by atoms with E-state index in [0.717, 1.165) is 17.2 Å². The van der Waals surface area contributed by atoms with Crippen LogP contribution >= 0.6 is 11.5 Å². The van der Waals surface area contributed by atoms with Crippen molar-refractivity contribution in [2.45, 2.75) is 33.2 Å². The number of aryl methyl sites for hydroxylation is 1. The van der Waals surface area contributed by atoms with Crippen LogP contribution in [-0.2, 0) is 6.54 Å². The summed E-state index contributed by atoms with van der Waals surface area (Å²) in [5.41, 5.74) is 1.37. The zero-order valence-electron chi connectivity index (χ0n) is 10.0. The number of nitrogens with zero attached hydrogens (tertiary/aromatic N) is 4. The second kappa shape index (κ2) is 4.75. The molecule has 0 bridgehead atoms. The van der Waals surface area contributed by atoms with E-state index in [-0.39, 0.29) is 11.7 Å². The number of aromatic nitrogens is 4.